The minimum Gasteiger partial charge on any atom is -0.508 e. The van der Waals surface area contributed by atoms with Gasteiger partial charge in [0, 0.05) is 0 Å². The number of hydrogen-bond acceptors (Lipinski definition) is 1. The number of hydrogen-bond donors (Lipinski definition) is 1. The predicted octanol–water partition coefficient (Wildman–Crippen LogP) is 4.90. The highest BCUT2D eigenvalue weighted by atomic mass is 16.3. The van der Waals surface area contributed by atoms with Crippen LogP contribution in [0.4, 0.5) is 0 Å². The number of phenols is 1. The summed E-state index contributed by atoms with van der Waals surface area (Å²) in [5.74, 6) is 1.20. The van der Waals surface area contributed by atoms with E-state index in [1.165, 1.54) is 36.8 Å². The van der Waals surface area contributed by atoms with Gasteiger partial charge in [-0.25, -0.2) is 0 Å². The zero-order valence-electron chi connectivity index (χ0n) is 13.0. The van der Waals surface area contributed by atoms with Gasteiger partial charge in [-0.05, 0) is 78.5 Å². The first-order valence-corrected chi connectivity index (χ1v) is 7.85. The molecular weight excluding hydrogens is 244 g/mol. The van der Waals surface area contributed by atoms with E-state index in [-0.39, 0.29) is 5.41 Å². The minimum absolute atomic E-state index is 0.286. The quantitative estimate of drug-likeness (QED) is 0.720. The molecule has 0 heterocycles. The fraction of sp³-hybridized carbons (Fsp3) is 0.579. The van der Waals surface area contributed by atoms with Gasteiger partial charge in [0.05, 0.1) is 0 Å². The molecule has 1 fully saturated rings. The molecule has 20 heavy (non-hydrogen) atoms. The Balaban J connectivity index is 2.05. The maximum absolute atomic E-state index is 9.96. The van der Waals surface area contributed by atoms with Crippen molar-refractivity contribution in [2.45, 2.75) is 58.3 Å². The third-order valence-corrected chi connectivity index (χ3v) is 6.25. The Bertz CT molecular complexity index is 559. The molecule has 2 aliphatic rings. The number of rotatable bonds is 1. The van der Waals surface area contributed by atoms with Crippen LogP contribution in [0.3, 0.4) is 0 Å². The summed E-state index contributed by atoms with van der Waals surface area (Å²) < 4.78 is 0. The number of aromatic hydroxyl groups is 1. The fourth-order valence-corrected chi connectivity index (χ4v) is 4.52. The van der Waals surface area contributed by atoms with Gasteiger partial charge in [0.15, 0.2) is 0 Å². The second-order valence-corrected chi connectivity index (χ2v) is 7.45. The van der Waals surface area contributed by atoms with Crippen LogP contribution < -0.4 is 0 Å². The summed E-state index contributed by atoms with van der Waals surface area (Å²) in [6, 6.07) is 4.07. The molecule has 0 unspecified atom stereocenters. The van der Waals surface area contributed by atoms with Gasteiger partial charge in [-0.15, -0.1) is 6.58 Å². The van der Waals surface area contributed by atoms with Crippen LogP contribution >= 0.6 is 0 Å². The lowest BCUT2D eigenvalue weighted by Crippen LogP contribution is -2.44. The Morgan fingerprint density at radius 1 is 1.30 bits per heavy atom. The molecule has 3 atom stereocenters. The van der Waals surface area contributed by atoms with E-state index in [4.69, 9.17) is 0 Å². The van der Waals surface area contributed by atoms with Gasteiger partial charge in [0.25, 0.3) is 0 Å². The van der Waals surface area contributed by atoms with Gasteiger partial charge >= 0.3 is 0 Å². The zero-order valence-corrected chi connectivity index (χ0v) is 13.0. The van der Waals surface area contributed by atoms with Gasteiger partial charge in [-0.3, -0.25) is 0 Å². The standard InChI is InChI=1S/C19H26O/c1-5-18(3)10-11-19(4)14(12-18)6-7-15-13(2)17(20)9-8-16(15)19/h5,8-9,14,20H,1,6-7,10-12H2,2-4H3/t14-,18-,19-/m1/s1. The summed E-state index contributed by atoms with van der Waals surface area (Å²) >= 11 is 0. The van der Waals surface area contributed by atoms with Crippen molar-refractivity contribution in [3.8, 4) is 5.75 Å². The van der Waals surface area contributed by atoms with Crippen LogP contribution in [-0.2, 0) is 11.8 Å². The molecule has 108 valence electrons. The van der Waals surface area contributed by atoms with Crippen LogP contribution in [0.5, 0.6) is 5.75 Å². The lowest BCUT2D eigenvalue weighted by atomic mass is 9.53. The lowest BCUT2D eigenvalue weighted by molar-refractivity contribution is 0.101. The largest absolute Gasteiger partial charge is 0.508 e. The van der Waals surface area contributed by atoms with Crippen LogP contribution in [0.1, 0.15) is 56.2 Å². The van der Waals surface area contributed by atoms with Crippen LogP contribution in [0, 0.1) is 18.3 Å². The number of phenolic OH excluding ortho intramolecular Hbond substituents is 1. The highest BCUT2D eigenvalue weighted by Crippen LogP contribution is 2.55. The fourth-order valence-electron chi connectivity index (χ4n) is 4.52. The minimum atomic E-state index is 0.286. The number of fused-ring (bicyclic) bond motifs is 3. The van der Waals surface area contributed by atoms with Crippen molar-refractivity contribution < 1.29 is 5.11 Å². The molecule has 0 bridgehead atoms. The van der Waals surface area contributed by atoms with E-state index >= 15 is 0 Å². The number of benzene rings is 1. The second-order valence-electron chi connectivity index (χ2n) is 7.45. The summed E-state index contributed by atoms with van der Waals surface area (Å²) in [6.45, 7) is 10.9. The van der Waals surface area contributed by atoms with Crippen molar-refractivity contribution in [2.75, 3.05) is 0 Å². The highest BCUT2D eigenvalue weighted by molar-refractivity contribution is 5.48. The van der Waals surface area contributed by atoms with Gasteiger partial charge in [0.2, 0.25) is 0 Å². The van der Waals surface area contributed by atoms with Crippen molar-refractivity contribution >= 4 is 0 Å². The Hall–Kier alpha value is -1.24. The van der Waals surface area contributed by atoms with Crippen molar-refractivity contribution in [1.29, 1.82) is 0 Å². The topological polar surface area (TPSA) is 20.2 Å². The van der Waals surface area contributed by atoms with E-state index < -0.39 is 0 Å². The van der Waals surface area contributed by atoms with Crippen molar-refractivity contribution in [1.82, 2.24) is 0 Å². The molecule has 0 amide bonds. The van der Waals surface area contributed by atoms with Crippen molar-refractivity contribution in [2.24, 2.45) is 11.3 Å². The van der Waals surface area contributed by atoms with Crippen LogP contribution in [-0.4, -0.2) is 5.11 Å². The normalized spacial score (nSPS) is 36.0. The molecule has 1 nitrogen and oxygen atoms in total. The SMILES string of the molecule is C=C[C@]1(C)CC[C@@]2(C)c3ccc(O)c(C)c3CC[C@@H]2C1. The Morgan fingerprint density at radius 2 is 2.05 bits per heavy atom. The first-order chi connectivity index (χ1) is 9.39. The maximum Gasteiger partial charge on any atom is 0.118 e. The molecule has 1 aromatic carbocycles. The molecule has 0 aliphatic heterocycles. The lowest BCUT2D eigenvalue weighted by Gasteiger charge is -2.52. The van der Waals surface area contributed by atoms with E-state index in [0.29, 0.717) is 11.2 Å². The monoisotopic (exact) mass is 270 g/mol. The summed E-state index contributed by atoms with van der Waals surface area (Å²) in [5, 5.41) is 9.96. The molecule has 1 aromatic rings. The number of allylic oxidation sites excluding steroid dienone is 1. The molecule has 0 aromatic heterocycles. The predicted molar refractivity (Wildman–Crippen MR) is 84.2 cm³/mol. The Morgan fingerprint density at radius 3 is 2.75 bits per heavy atom. The third-order valence-electron chi connectivity index (χ3n) is 6.25. The summed E-state index contributed by atoms with van der Waals surface area (Å²) in [4.78, 5) is 0. The van der Waals surface area contributed by atoms with Crippen LogP contribution in [0.15, 0.2) is 24.8 Å². The second kappa shape index (κ2) is 4.38. The average molecular weight is 270 g/mol. The van der Waals surface area contributed by atoms with E-state index in [0.717, 1.165) is 17.9 Å². The average Bonchev–Trinajstić information content (AvgIpc) is 2.44. The van der Waals surface area contributed by atoms with Gasteiger partial charge in [0.1, 0.15) is 5.75 Å². The molecule has 1 heteroatoms. The van der Waals surface area contributed by atoms with E-state index in [2.05, 4.69) is 39.5 Å². The molecule has 3 rings (SSSR count). The molecule has 1 N–H and O–H groups in total. The van der Waals surface area contributed by atoms with E-state index in [9.17, 15) is 5.11 Å². The zero-order chi connectivity index (χ0) is 14.5. The van der Waals surface area contributed by atoms with Gasteiger partial charge < -0.3 is 5.11 Å². The van der Waals surface area contributed by atoms with Crippen LogP contribution in [0.25, 0.3) is 0 Å². The smallest absolute Gasteiger partial charge is 0.118 e. The summed E-state index contributed by atoms with van der Waals surface area (Å²) in [5.41, 5.74) is 4.60. The third kappa shape index (κ3) is 1.82. The van der Waals surface area contributed by atoms with Crippen LogP contribution in [0.2, 0.25) is 0 Å². The van der Waals surface area contributed by atoms with Gasteiger partial charge in [-0.2, -0.15) is 0 Å². The highest BCUT2D eigenvalue weighted by Gasteiger charge is 2.47. The molecule has 0 radical (unpaired) electrons. The van der Waals surface area contributed by atoms with Gasteiger partial charge in [-0.1, -0.05) is 26.0 Å². The van der Waals surface area contributed by atoms with E-state index in [1.54, 1.807) is 0 Å². The van der Waals surface area contributed by atoms with Crippen molar-refractivity contribution in [3.63, 3.8) is 0 Å². The Labute approximate surface area is 122 Å². The summed E-state index contributed by atoms with van der Waals surface area (Å²) in [6.07, 6.45) is 8.25. The summed E-state index contributed by atoms with van der Waals surface area (Å²) in [7, 11) is 0. The maximum atomic E-state index is 9.96. The molecular formula is C19H26O. The molecule has 0 saturated heterocycles. The Kier molecular flexibility index (Phi) is 3.00. The molecule has 1 saturated carbocycles. The molecule has 0 spiro atoms. The van der Waals surface area contributed by atoms with Crippen molar-refractivity contribution in [3.05, 3.63) is 41.5 Å². The van der Waals surface area contributed by atoms with E-state index in [1.807, 2.05) is 6.07 Å². The first kappa shape index (κ1) is 13.7. The molecule has 2 aliphatic carbocycles. The first-order valence-electron chi connectivity index (χ1n) is 7.85.